The van der Waals surface area contributed by atoms with Gasteiger partial charge < -0.3 is 9.40 Å². The number of benzene rings is 1. The van der Waals surface area contributed by atoms with E-state index in [0.29, 0.717) is 22.8 Å². The van der Waals surface area contributed by atoms with E-state index in [9.17, 15) is 8.78 Å². The number of furan rings is 1. The van der Waals surface area contributed by atoms with E-state index in [-0.39, 0.29) is 6.42 Å². The van der Waals surface area contributed by atoms with Crippen molar-refractivity contribution in [1.82, 2.24) is 15.0 Å². The van der Waals surface area contributed by atoms with Crippen LogP contribution in [-0.2, 0) is 6.42 Å². The average Bonchev–Trinajstić information content (AvgIpc) is 3.18. The van der Waals surface area contributed by atoms with Gasteiger partial charge in [0.2, 0.25) is 0 Å². The summed E-state index contributed by atoms with van der Waals surface area (Å²) in [6, 6.07) is 9.03. The molecule has 0 aliphatic carbocycles. The molecule has 3 aromatic heterocycles. The Labute approximate surface area is 129 Å². The standard InChI is InChI=1S/C17H11F2N3O/c18-12-4-3-10(13(19)8-12)7-16-21-14-6-11(9-20-17(14)22-16)15-2-1-5-23-15/h1-6,8-9H,7H2,(H,20,21,22). The van der Waals surface area contributed by atoms with Crippen molar-refractivity contribution in [3.63, 3.8) is 0 Å². The second-order valence-electron chi connectivity index (χ2n) is 5.17. The van der Waals surface area contributed by atoms with Crippen molar-refractivity contribution < 1.29 is 13.2 Å². The van der Waals surface area contributed by atoms with Crippen LogP contribution in [0, 0.1) is 11.6 Å². The molecule has 23 heavy (non-hydrogen) atoms. The minimum atomic E-state index is -0.597. The lowest BCUT2D eigenvalue weighted by molar-refractivity contribution is 0.574. The summed E-state index contributed by atoms with van der Waals surface area (Å²) >= 11 is 0. The monoisotopic (exact) mass is 311 g/mol. The molecular formula is C17H11F2N3O. The number of rotatable bonds is 3. The zero-order valence-electron chi connectivity index (χ0n) is 11.9. The van der Waals surface area contributed by atoms with Gasteiger partial charge >= 0.3 is 0 Å². The molecule has 0 atom stereocenters. The van der Waals surface area contributed by atoms with E-state index in [0.717, 1.165) is 17.1 Å². The molecule has 1 aromatic carbocycles. The van der Waals surface area contributed by atoms with Crippen LogP contribution >= 0.6 is 0 Å². The fraction of sp³-hybridized carbons (Fsp3) is 0.0588. The van der Waals surface area contributed by atoms with Crippen molar-refractivity contribution in [3.8, 4) is 11.3 Å². The Hall–Kier alpha value is -3.02. The first kappa shape index (κ1) is 13.6. The topological polar surface area (TPSA) is 54.7 Å². The average molecular weight is 311 g/mol. The van der Waals surface area contributed by atoms with Crippen LogP contribution in [0.2, 0.25) is 0 Å². The molecule has 0 unspecified atom stereocenters. The molecule has 0 radical (unpaired) electrons. The van der Waals surface area contributed by atoms with Gasteiger partial charge in [0.1, 0.15) is 23.2 Å². The van der Waals surface area contributed by atoms with Gasteiger partial charge in [-0.25, -0.2) is 18.7 Å². The largest absolute Gasteiger partial charge is 0.464 e. The molecule has 0 aliphatic heterocycles. The molecule has 0 spiro atoms. The van der Waals surface area contributed by atoms with Gasteiger partial charge in [0.25, 0.3) is 0 Å². The van der Waals surface area contributed by atoms with Crippen molar-refractivity contribution in [2.24, 2.45) is 0 Å². The summed E-state index contributed by atoms with van der Waals surface area (Å²) in [5.41, 5.74) is 2.47. The zero-order chi connectivity index (χ0) is 15.8. The number of aromatic nitrogens is 3. The highest BCUT2D eigenvalue weighted by atomic mass is 19.1. The molecule has 0 saturated heterocycles. The van der Waals surface area contributed by atoms with Gasteiger partial charge in [0.05, 0.1) is 11.8 Å². The van der Waals surface area contributed by atoms with Crippen molar-refractivity contribution in [2.75, 3.05) is 0 Å². The third kappa shape index (κ3) is 2.59. The van der Waals surface area contributed by atoms with E-state index in [2.05, 4.69) is 15.0 Å². The van der Waals surface area contributed by atoms with Crippen LogP contribution in [0.5, 0.6) is 0 Å². The van der Waals surface area contributed by atoms with Crippen LogP contribution in [0.15, 0.2) is 53.3 Å². The van der Waals surface area contributed by atoms with Crippen molar-refractivity contribution >= 4 is 11.2 Å². The minimum Gasteiger partial charge on any atom is -0.464 e. The molecule has 0 aliphatic rings. The first-order valence-electron chi connectivity index (χ1n) is 7.01. The highest BCUT2D eigenvalue weighted by molar-refractivity contribution is 5.76. The summed E-state index contributed by atoms with van der Waals surface area (Å²) in [5.74, 6) is 0.0880. The second-order valence-corrected chi connectivity index (χ2v) is 5.17. The number of halogens is 2. The molecule has 3 heterocycles. The van der Waals surface area contributed by atoms with Gasteiger partial charge in [-0.1, -0.05) is 6.07 Å². The van der Waals surface area contributed by atoms with Gasteiger partial charge in [-0.3, -0.25) is 0 Å². The van der Waals surface area contributed by atoms with Gasteiger partial charge in [-0.2, -0.15) is 0 Å². The first-order chi connectivity index (χ1) is 11.2. The Morgan fingerprint density at radius 2 is 2.04 bits per heavy atom. The van der Waals surface area contributed by atoms with Crippen LogP contribution in [0.1, 0.15) is 11.4 Å². The van der Waals surface area contributed by atoms with Gasteiger partial charge in [0, 0.05) is 24.2 Å². The third-order valence-electron chi connectivity index (χ3n) is 3.57. The molecule has 0 fully saturated rings. The number of nitrogens with one attached hydrogen (secondary N) is 1. The second kappa shape index (κ2) is 5.31. The van der Waals surface area contributed by atoms with Crippen molar-refractivity contribution in [3.05, 3.63) is 71.9 Å². The van der Waals surface area contributed by atoms with Crippen molar-refractivity contribution in [2.45, 2.75) is 6.42 Å². The number of hydrogen-bond acceptors (Lipinski definition) is 3. The zero-order valence-corrected chi connectivity index (χ0v) is 11.9. The number of H-pyrrole nitrogens is 1. The molecule has 0 bridgehead atoms. The summed E-state index contributed by atoms with van der Waals surface area (Å²) < 4.78 is 32.0. The van der Waals surface area contributed by atoms with Crippen molar-refractivity contribution in [1.29, 1.82) is 0 Å². The lowest BCUT2D eigenvalue weighted by Gasteiger charge is -2.00. The molecule has 6 heteroatoms. The summed E-state index contributed by atoms with van der Waals surface area (Å²) in [6.07, 6.45) is 3.50. The van der Waals surface area contributed by atoms with E-state index in [1.807, 2.05) is 12.1 Å². The summed E-state index contributed by atoms with van der Waals surface area (Å²) in [4.78, 5) is 11.7. The Balaban J connectivity index is 1.68. The van der Waals surface area contributed by atoms with Crippen LogP contribution < -0.4 is 0 Å². The van der Waals surface area contributed by atoms with Crippen LogP contribution in [0.3, 0.4) is 0 Å². The number of pyridine rings is 1. The van der Waals surface area contributed by atoms with E-state index in [1.54, 1.807) is 18.5 Å². The van der Waals surface area contributed by atoms with Crippen LogP contribution in [-0.4, -0.2) is 15.0 Å². The summed E-state index contributed by atoms with van der Waals surface area (Å²) in [5, 5.41) is 0. The maximum absolute atomic E-state index is 13.7. The van der Waals surface area contributed by atoms with Gasteiger partial charge in [-0.05, 0) is 29.8 Å². The molecule has 4 nitrogen and oxygen atoms in total. The molecule has 1 N–H and O–H groups in total. The predicted octanol–water partition coefficient (Wildman–Crippen LogP) is 4.09. The number of nitrogens with zero attached hydrogens (tertiary/aromatic N) is 2. The van der Waals surface area contributed by atoms with E-state index in [4.69, 9.17) is 4.42 Å². The lowest BCUT2D eigenvalue weighted by atomic mass is 10.1. The van der Waals surface area contributed by atoms with Crippen LogP contribution in [0.25, 0.3) is 22.5 Å². The summed E-state index contributed by atoms with van der Waals surface area (Å²) in [6.45, 7) is 0. The highest BCUT2D eigenvalue weighted by Crippen LogP contribution is 2.22. The minimum absolute atomic E-state index is 0.235. The Morgan fingerprint density at radius 3 is 2.83 bits per heavy atom. The molecule has 4 aromatic rings. The third-order valence-corrected chi connectivity index (χ3v) is 3.57. The van der Waals surface area contributed by atoms with Gasteiger partial charge in [-0.15, -0.1) is 0 Å². The molecule has 114 valence electrons. The quantitative estimate of drug-likeness (QED) is 0.620. The van der Waals surface area contributed by atoms with E-state index in [1.165, 1.54) is 12.1 Å². The Kier molecular flexibility index (Phi) is 3.15. The first-order valence-corrected chi connectivity index (χ1v) is 7.01. The van der Waals surface area contributed by atoms with E-state index < -0.39 is 11.6 Å². The molecule has 0 amide bonds. The summed E-state index contributed by atoms with van der Waals surface area (Å²) in [7, 11) is 0. The molecule has 4 rings (SSSR count). The fourth-order valence-corrected chi connectivity index (χ4v) is 2.46. The maximum Gasteiger partial charge on any atom is 0.177 e. The normalized spacial score (nSPS) is 11.2. The SMILES string of the molecule is Fc1ccc(Cc2nc3ncc(-c4ccco4)cc3[nH]2)c(F)c1. The number of aromatic amines is 1. The number of hydrogen-bond donors (Lipinski definition) is 1. The smallest absolute Gasteiger partial charge is 0.177 e. The Bertz CT molecular complexity index is 977. The molecule has 0 saturated carbocycles. The number of imidazole rings is 1. The maximum atomic E-state index is 13.7. The lowest BCUT2D eigenvalue weighted by Crippen LogP contribution is -1.95. The fourth-order valence-electron chi connectivity index (χ4n) is 2.46. The predicted molar refractivity (Wildman–Crippen MR) is 80.8 cm³/mol. The van der Waals surface area contributed by atoms with Gasteiger partial charge in [0.15, 0.2) is 5.65 Å². The highest BCUT2D eigenvalue weighted by Gasteiger charge is 2.10. The van der Waals surface area contributed by atoms with E-state index >= 15 is 0 Å². The Morgan fingerprint density at radius 1 is 1.13 bits per heavy atom. The molecular weight excluding hydrogens is 300 g/mol. The van der Waals surface area contributed by atoms with Crippen LogP contribution in [0.4, 0.5) is 8.78 Å². The number of fused-ring (bicyclic) bond motifs is 1.